The van der Waals surface area contributed by atoms with E-state index >= 15 is 0 Å². The fraction of sp³-hybridized carbons (Fsp3) is 0.316. The van der Waals surface area contributed by atoms with Crippen LogP contribution >= 0.6 is 0 Å². The standard InChI is InChI=1S/C11H17N.C8H8O/c1-9(2)12-8-11-6-4-10(3)5-7-11;1-7-2-4-8(6-9)5-3-7/h4-7,9,12H,8H2,1-3H3;2-6H,1H3. The summed E-state index contributed by atoms with van der Waals surface area (Å²) in [5, 5.41) is 3.38. The molecule has 2 heteroatoms. The molecule has 21 heavy (non-hydrogen) atoms. The molecule has 0 aliphatic rings. The molecule has 2 aromatic carbocycles. The average molecular weight is 283 g/mol. The van der Waals surface area contributed by atoms with Gasteiger partial charge < -0.3 is 5.32 Å². The number of rotatable bonds is 4. The number of nitrogens with one attached hydrogen (secondary N) is 1. The van der Waals surface area contributed by atoms with Crippen molar-refractivity contribution in [2.45, 2.75) is 40.3 Å². The Morgan fingerprint density at radius 1 is 0.905 bits per heavy atom. The second kappa shape index (κ2) is 9.09. The molecular formula is C19H25NO. The summed E-state index contributed by atoms with van der Waals surface area (Å²) in [6.45, 7) is 9.40. The maximum atomic E-state index is 10.1. The van der Waals surface area contributed by atoms with Gasteiger partial charge in [0, 0.05) is 18.2 Å². The molecule has 0 aliphatic carbocycles. The lowest BCUT2D eigenvalue weighted by Gasteiger charge is -2.07. The molecule has 0 aliphatic heterocycles. The minimum Gasteiger partial charge on any atom is -0.310 e. The van der Waals surface area contributed by atoms with Gasteiger partial charge in [0.15, 0.2) is 0 Å². The third kappa shape index (κ3) is 7.42. The van der Waals surface area contributed by atoms with Gasteiger partial charge in [-0.25, -0.2) is 0 Å². The van der Waals surface area contributed by atoms with Gasteiger partial charge in [-0.3, -0.25) is 4.79 Å². The van der Waals surface area contributed by atoms with Crippen molar-refractivity contribution < 1.29 is 4.79 Å². The smallest absolute Gasteiger partial charge is 0.150 e. The van der Waals surface area contributed by atoms with Crippen LogP contribution in [0.3, 0.4) is 0 Å². The van der Waals surface area contributed by atoms with Crippen LogP contribution in [0, 0.1) is 13.8 Å². The van der Waals surface area contributed by atoms with Crippen LogP contribution < -0.4 is 5.32 Å². The van der Waals surface area contributed by atoms with Gasteiger partial charge in [-0.15, -0.1) is 0 Å². The highest BCUT2D eigenvalue weighted by Crippen LogP contribution is 2.02. The highest BCUT2D eigenvalue weighted by Gasteiger charge is 1.93. The van der Waals surface area contributed by atoms with Gasteiger partial charge in [0.1, 0.15) is 6.29 Å². The SMILES string of the molecule is Cc1ccc(C=O)cc1.Cc1ccc(CNC(C)C)cc1. The second-order valence-electron chi connectivity index (χ2n) is 5.55. The van der Waals surface area contributed by atoms with E-state index in [0.29, 0.717) is 6.04 Å². The average Bonchev–Trinajstić information content (AvgIpc) is 2.48. The molecule has 0 radical (unpaired) electrons. The van der Waals surface area contributed by atoms with Crippen LogP contribution in [0.4, 0.5) is 0 Å². The van der Waals surface area contributed by atoms with Gasteiger partial charge in [0.25, 0.3) is 0 Å². The van der Waals surface area contributed by atoms with Gasteiger partial charge >= 0.3 is 0 Å². The summed E-state index contributed by atoms with van der Waals surface area (Å²) < 4.78 is 0. The molecule has 2 rings (SSSR count). The van der Waals surface area contributed by atoms with Crippen LogP contribution in [-0.4, -0.2) is 12.3 Å². The molecule has 0 amide bonds. The molecule has 0 spiro atoms. The summed E-state index contributed by atoms with van der Waals surface area (Å²) in [6, 6.07) is 16.7. The highest BCUT2D eigenvalue weighted by molar-refractivity contribution is 5.74. The lowest BCUT2D eigenvalue weighted by atomic mass is 10.1. The van der Waals surface area contributed by atoms with Crippen molar-refractivity contribution >= 4 is 6.29 Å². The summed E-state index contributed by atoms with van der Waals surface area (Å²) >= 11 is 0. The first kappa shape index (κ1) is 17.1. The van der Waals surface area contributed by atoms with E-state index in [2.05, 4.69) is 50.4 Å². The monoisotopic (exact) mass is 283 g/mol. The molecule has 0 heterocycles. The number of hydrogen-bond donors (Lipinski definition) is 1. The number of carbonyl (C=O) groups excluding carboxylic acids is 1. The molecule has 0 bridgehead atoms. The third-order valence-electron chi connectivity index (χ3n) is 3.05. The van der Waals surface area contributed by atoms with Crippen molar-refractivity contribution in [2.24, 2.45) is 0 Å². The van der Waals surface area contributed by atoms with Crippen molar-refractivity contribution in [3.05, 3.63) is 70.8 Å². The molecular weight excluding hydrogens is 258 g/mol. The minimum atomic E-state index is 0.561. The molecule has 0 saturated heterocycles. The lowest BCUT2D eigenvalue weighted by molar-refractivity contribution is 0.112. The quantitative estimate of drug-likeness (QED) is 0.848. The summed E-state index contributed by atoms with van der Waals surface area (Å²) in [5.41, 5.74) is 4.60. The predicted molar refractivity (Wildman–Crippen MR) is 89.7 cm³/mol. The number of aryl methyl sites for hydroxylation is 2. The normalized spacial score (nSPS) is 9.95. The Morgan fingerprint density at radius 2 is 1.38 bits per heavy atom. The van der Waals surface area contributed by atoms with E-state index < -0.39 is 0 Å². The first-order chi connectivity index (χ1) is 10.0. The maximum absolute atomic E-state index is 10.1. The van der Waals surface area contributed by atoms with Gasteiger partial charge in [-0.05, 0) is 19.4 Å². The van der Waals surface area contributed by atoms with E-state index in [1.54, 1.807) is 0 Å². The molecule has 0 unspecified atom stereocenters. The van der Waals surface area contributed by atoms with Crippen molar-refractivity contribution in [3.63, 3.8) is 0 Å². The Hall–Kier alpha value is -1.93. The van der Waals surface area contributed by atoms with Crippen molar-refractivity contribution in [1.82, 2.24) is 5.32 Å². The van der Waals surface area contributed by atoms with Crippen molar-refractivity contribution in [3.8, 4) is 0 Å². The zero-order valence-corrected chi connectivity index (χ0v) is 13.4. The number of aldehydes is 1. The number of carbonyl (C=O) groups is 1. The predicted octanol–water partition coefficient (Wildman–Crippen LogP) is 4.30. The summed E-state index contributed by atoms with van der Waals surface area (Å²) in [4.78, 5) is 10.1. The zero-order valence-electron chi connectivity index (χ0n) is 13.4. The topological polar surface area (TPSA) is 29.1 Å². The van der Waals surface area contributed by atoms with Crippen LogP contribution in [0.15, 0.2) is 48.5 Å². The molecule has 1 N–H and O–H groups in total. The Morgan fingerprint density at radius 3 is 1.81 bits per heavy atom. The van der Waals surface area contributed by atoms with Gasteiger partial charge in [-0.2, -0.15) is 0 Å². The summed E-state index contributed by atoms with van der Waals surface area (Å²) in [6.07, 6.45) is 0.847. The zero-order chi connectivity index (χ0) is 15.7. The Balaban J connectivity index is 0.000000219. The molecule has 0 saturated carbocycles. The lowest BCUT2D eigenvalue weighted by Crippen LogP contribution is -2.21. The first-order valence-electron chi connectivity index (χ1n) is 7.32. The number of benzene rings is 2. The first-order valence-corrected chi connectivity index (χ1v) is 7.32. The van der Waals surface area contributed by atoms with E-state index in [9.17, 15) is 4.79 Å². The van der Waals surface area contributed by atoms with Crippen molar-refractivity contribution in [2.75, 3.05) is 0 Å². The third-order valence-corrected chi connectivity index (χ3v) is 3.05. The second-order valence-corrected chi connectivity index (χ2v) is 5.55. The van der Waals surface area contributed by atoms with Crippen molar-refractivity contribution in [1.29, 1.82) is 0 Å². The van der Waals surface area contributed by atoms with E-state index in [0.717, 1.165) is 18.4 Å². The Kier molecular flexibility index (Phi) is 7.41. The minimum absolute atomic E-state index is 0.561. The van der Waals surface area contributed by atoms with Crippen LogP contribution in [0.2, 0.25) is 0 Å². The summed E-state index contributed by atoms with van der Waals surface area (Å²) in [7, 11) is 0. The van der Waals surface area contributed by atoms with Crippen LogP contribution in [0.25, 0.3) is 0 Å². The Bertz CT molecular complexity index is 526. The molecule has 2 aromatic rings. The van der Waals surface area contributed by atoms with E-state index in [-0.39, 0.29) is 0 Å². The molecule has 0 aromatic heterocycles. The van der Waals surface area contributed by atoms with Crippen LogP contribution in [-0.2, 0) is 6.54 Å². The highest BCUT2D eigenvalue weighted by atomic mass is 16.1. The molecule has 2 nitrogen and oxygen atoms in total. The fourth-order valence-electron chi connectivity index (χ4n) is 1.67. The largest absolute Gasteiger partial charge is 0.310 e. The van der Waals surface area contributed by atoms with Gasteiger partial charge in [0.05, 0.1) is 0 Å². The molecule has 0 fully saturated rings. The van der Waals surface area contributed by atoms with Crippen LogP contribution in [0.1, 0.15) is 40.9 Å². The van der Waals surface area contributed by atoms with E-state index in [1.165, 1.54) is 16.7 Å². The van der Waals surface area contributed by atoms with Crippen LogP contribution in [0.5, 0.6) is 0 Å². The maximum Gasteiger partial charge on any atom is 0.150 e. The fourth-order valence-corrected chi connectivity index (χ4v) is 1.67. The molecule has 112 valence electrons. The van der Waals surface area contributed by atoms with E-state index in [4.69, 9.17) is 0 Å². The molecule has 0 atom stereocenters. The van der Waals surface area contributed by atoms with Gasteiger partial charge in [-0.1, -0.05) is 73.5 Å². The Labute approximate surface area is 128 Å². The van der Waals surface area contributed by atoms with E-state index in [1.807, 2.05) is 31.2 Å². The van der Waals surface area contributed by atoms with Gasteiger partial charge in [0.2, 0.25) is 0 Å². The summed E-state index contributed by atoms with van der Waals surface area (Å²) in [5.74, 6) is 0. The number of hydrogen-bond acceptors (Lipinski definition) is 2.